The predicted octanol–water partition coefficient (Wildman–Crippen LogP) is 4.30. The van der Waals surface area contributed by atoms with E-state index in [1.54, 1.807) is 4.90 Å². The predicted molar refractivity (Wildman–Crippen MR) is 123 cm³/mol. The zero-order chi connectivity index (χ0) is 21.1. The van der Waals surface area contributed by atoms with Crippen LogP contribution in [0.5, 0.6) is 0 Å². The Labute approximate surface area is 186 Å². The molecule has 1 N–H and O–H groups in total. The molecule has 1 atom stereocenters. The summed E-state index contributed by atoms with van der Waals surface area (Å²) in [5.41, 5.74) is 2.34. The second kappa shape index (κ2) is 9.27. The number of piperidine rings is 1. The highest BCUT2D eigenvalue weighted by molar-refractivity contribution is 7.14. The zero-order valence-electron chi connectivity index (χ0n) is 17.1. The van der Waals surface area contributed by atoms with E-state index in [0.29, 0.717) is 26.2 Å². The molecule has 2 aromatic rings. The lowest BCUT2D eigenvalue weighted by Crippen LogP contribution is -2.53. The van der Waals surface area contributed by atoms with Crippen LogP contribution < -0.4 is 10.2 Å². The van der Waals surface area contributed by atoms with E-state index < -0.39 is 0 Å². The fourth-order valence-corrected chi connectivity index (χ4v) is 5.02. The molecule has 3 heterocycles. The van der Waals surface area contributed by atoms with Crippen LogP contribution in [0.2, 0.25) is 5.02 Å². The van der Waals surface area contributed by atoms with E-state index in [-0.39, 0.29) is 17.9 Å². The first-order chi connectivity index (χ1) is 14.5. The number of hydrogen-bond acceptors (Lipinski definition) is 4. The van der Waals surface area contributed by atoms with Gasteiger partial charge in [-0.25, -0.2) is 4.79 Å². The van der Waals surface area contributed by atoms with Crippen molar-refractivity contribution in [2.75, 3.05) is 49.5 Å². The lowest BCUT2D eigenvalue weighted by molar-refractivity contribution is -0.137. The summed E-state index contributed by atoms with van der Waals surface area (Å²) < 4.78 is 0. The molecule has 4 rings (SSSR count). The normalized spacial score (nSPS) is 19.7. The maximum absolute atomic E-state index is 13.1. The molecule has 160 valence electrons. The van der Waals surface area contributed by atoms with Crippen LogP contribution in [-0.2, 0) is 4.79 Å². The highest BCUT2D eigenvalue weighted by atomic mass is 35.5. The van der Waals surface area contributed by atoms with Gasteiger partial charge in [0.1, 0.15) is 0 Å². The Bertz CT molecular complexity index is 897. The van der Waals surface area contributed by atoms with E-state index >= 15 is 0 Å². The molecule has 0 saturated carbocycles. The van der Waals surface area contributed by atoms with E-state index in [0.717, 1.165) is 41.6 Å². The van der Waals surface area contributed by atoms with Gasteiger partial charge in [-0.2, -0.15) is 0 Å². The van der Waals surface area contributed by atoms with Crippen molar-refractivity contribution in [3.8, 4) is 0 Å². The number of aryl methyl sites for hydroxylation is 1. The first kappa shape index (κ1) is 21.0. The molecule has 30 heavy (non-hydrogen) atoms. The number of rotatable bonds is 3. The summed E-state index contributed by atoms with van der Waals surface area (Å²) in [7, 11) is 0. The molecular weight excluding hydrogens is 420 g/mol. The lowest BCUT2D eigenvalue weighted by atomic mass is 9.96. The Morgan fingerprint density at radius 2 is 1.90 bits per heavy atom. The summed E-state index contributed by atoms with van der Waals surface area (Å²) in [5.74, 6) is 0.0541. The Morgan fingerprint density at radius 1 is 1.10 bits per heavy atom. The first-order valence-electron chi connectivity index (χ1n) is 10.4. The topological polar surface area (TPSA) is 55.9 Å². The van der Waals surface area contributed by atoms with Crippen LogP contribution in [0.4, 0.5) is 15.5 Å². The van der Waals surface area contributed by atoms with Crippen molar-refractivity contribution in [3.05, 3.63) is 46.3 Å². The van der Waals surface area contributed by atoms with Gasteiger partial charge in [0.2, 0.25) is 5.91 Å². The standard InChI is InChI=1S/C22H27ClN4O2S/c1-16-6-7-18(23)14-19(16)25-9-11-26(12-10-25)21(28)17-4-2-8-27(15-17)22(29)24-20-5-3-13-30-20/h3,5-7,13-14,17H,2,4,8-12,15H2,1H3,(H,24,29). The van der Waals surface area contributed by atoms with Gasteiger partial charge in [0.05, 0.1) is 10.9 Å². The minimum Gasteiger partial charge on any atom is -0.368 e. The lowest BCUT2D eigenvalue weighted by Gasteiger charge is -2.40. The SMILES string of the molecule is Cc1ccc(Cl)cc1N1CCN(C(=O)C2CCCN(C(=O)Nc3cccs3)C2)CC1. The third-order valence-electron chi connectivity index (χ3n) is 5.91. The van der Waals surface area contributed by atoms with E-state index in [2.05, 4.69) is 17.1 Å². The Balaban J connectivity index is 1.32. The number of carbonyl (C=O) groups is 2. The number of amides is 3. The zero-order valence-corrected chi connectivity index (χ0v) is 18.7. The van der Waals surface area contributed by atoms with Crippen LogP contribution >= 0.6 is 22.9 Å². The fraction of sp³-hybridized carbons (Fsp3) is 0.455. The van der Waals surface area contributed by atoms with Gasteiger partial charge in [-0.1, -0.05) is 17.7 Å². The Morgan fingerprint density at radius 3 is 2.63 bits per heavy atom. The number of likely N-dealkylation sites (tertiary alicyclic amines) is 1. The summed E-state index contributed by atoms with van der Waals surface area (Å²) in [6, 6.07) is 9.62. The van der Waals surface area contributed by atoms with Crippen molar-refractivity contribution < 1.29 is 9.59 Å². The van der Waals surface area contributed by atoms with Crippen molar-refractivity contribution in [2.24, 2.45) is 5.92 Å². The largest absolute Gasteiger partial charge is 0.368 e. The molecule has 0 radical (unpaired) electrons. The average Bonchev–Trinajstić information content (AvgIpc) is 3.28. The molecule has 3 amide bonds. The maximum Gasteiger partial charge on any atom is 0.322 e. The van der Waals surface area contributed by atoms with Crippen LogP contribution in [0.15, 0.2) is 35.7 Å². The number of hydrogen-bond donors (Lipinski definition) is 1. The van der Waals surface area contributed by atoms with E-state index in [1.807, 2.05) is 40.6 Å². The molecule has 1 unspecified atom stereocenters. The van der Waals surface area contributed by atoms with Crippen LogP contribution in [-0.4, -0.2) is 61.0 Å². The van der Waals surface area contributed by atoms with E-state index in [9.17, 15) is 9.59 Å². The van der Waals surface area contributed by atoms with Crippen LogP contribution in [0.1, 0.15) is 18.4 Å². The van der Waals surface area contributed by atoms with Crippen LogP contribution in [0, 0.1) is 12.8 Å². The first-order valence-corrected chi connectivity index (χ1v) is 11.7. The van der Waals surface area contributed by atoms with Gasteiger partial charge < -0.3 is 14.7 Å². The van der Waals surface area contributed by atoms with Gasteiger partial charge in [0, 0.05) is 50.0 Å². The van der Waals surface area contributed by atoms with Gasteiger partial charge in [-0.3, -0.25) is 10.1 Å². The number of carbonyl (C=O) groups excluding carboxylic acids is 2. The molecule has 2 fully saturated rings. The van der Waals surface area contributed by atoms with Gasteiger partial charge in [-0.05, 0) is 55.0 Å². The van der Waals surface area contributed by atoms with Crippen molar-refractivity contribution in [3.63, 3.8) is 0 Å². The maximum atomic E-state index is 13.1. The molecule has 2 saturated heterocycles. The summed E-state index contributed by atoms with van der Waals surface area (Å²) in [4.78, 5) is 31.7. The second-order valence-electron chi connectivity index (χ2n) is 7.94. The van der Waals surface area contributed by atoms with Gasteiger partial charge in [0.15, 0.2) is 0 Å². The van der Waals surface area contributed by atoms with Gasteiger partial charge >= 0.3 is 6.03 Å². The summed E-state index contributed by atoms with van der Waals surface area (Å²) in [6.45, 7) is 6.25. The summed E-state index contributed by atoms with van der Waals surface area (Å²) >= 11 is 7.67. The molecule has 1 aromatic carbocycles. The number of thiophene rings is 1. The Kier molecular flexibility index (Phi) is 6.49. The second-order valence-corrected chi connectivity index (χ2v) is 9.32. The molecule has 0 bridgehead atoms. The van der Waals surface area contributed by atoms with Crippen molar-refractivity contribution in [1.82, 2.24) is 9.80 Å². The number of anilines is 2. The molecule has 1 aromatic heterocycles. The fourth-order valence-electron chi connectivity index (χ4n) is 4.25. The average molecular weight is 447 g/mol. The number of nitrogens with one attached hydrogen (secondary N) is 1. The van der Waals surface area contributed by atoms with Crippen LogP contribution in [0.3, 0.4) is 0 Å². The van der Waals surface area contributed by atoms with Gasteiger partial charge in [0.25, 0.3) is 0 Å². The van der Waals surface area contributed by atoms with Gasteiger partial charge in [-0.15, -0.1) is 11.3 Å². The highest BCUT2D eigenvalue weighted by Crippen LogP contribution is 2.27. The quantitative estimate of drug-likeness (QED) is 0.764. The number of benzene rings is 1. The minimum absolute atomic E-state index is 0.115. The Hall–Kier alpha value is -2.25. The molecular formula is C22H27ClN4O2S. The number of urea groups is 1. The molecule has 6 nitrogen and oxygen atoms in total. The van der Waals surface area contributed by atoms with Crippen molar-refractivity contribution >= 4 is 45.6 Å². The molecule has 2 aliphatic rings. The van der Waals surface area contributed by atoms with Crippen LogP contribution in [0.25, 0.3) is 0 Å². The third kappa shape index (κ3) is 4.73. The van der Waals surface area contributed by atoms with Crippen molar-refractivity contribution in [1.29, 1.82) is 0 Å². The minimum atomic E-state index is -0.118. The number of piperazine rings is 1. The molecule has 8 heteroatoms. The monoisotopic (exact) mass is 446 g/mol. The third-order valence-corrected chi connectivity index (χ3v) is 6.93. The smallest absolute Gasteiger partial charge is 0.322 e. The molecule has 0 aliphatic carbocycles. The summed E-state index contributed by atoms with van der Waals surface area (Å²) in [6.07, 6.45) is 1.70. The van der Waals surface area contributed by atoms with E-state index in [1.165, 1.54) is 16.9 Å². The number of nitrogens with zero attached hydrogens (tertiary/aromatic N) is 3. The summed E-state index contributed by atoms with van der Waals surface area (Å²) in [5, 5.41) is 6.43. The van der Waals surface area contributed by atoms with E-state index in [4.69, 9.17) is 11.6 Å². The molecule has 2 aliphatic heterocycles. The highest BCUT2D eigenvalue weighted by Gasteiger charge is 2.33. The molecule has 0 spiro atoms. The number of halogens is 1. The van der Waals surface area contributed by atoms with Crippen molar-refractivity contribution in [2.45, 2.75) is 19.8 Å².